The average Bonchev–Trinajstić information content (AvgIpc) is 2.42. The first-order valence-electron chi connectivity index (χ1n) is 6.72. The van der Waals surface area contributed by atoms with Gasteiger partial charge in [0.25, 0.3) is 11.8 Å². The molecule has 1 saturated heterocycles. The molecule has 0 aliphatic carbocycles. The van der Waals surface area contributed by atoms with Gasteiger partial charge in [0.1, 0.15) is 12.1 Å². The zero-order valence-corrected chi connectivity index (χ0v) is 12.6. The van der Waals surface area contributed by atoms with Gasteiger partial charge in [-0.05, 0) is 38.5 Å². The number of amides is 3. The first-order chi connectivity index (χ1) is 9.77. The molecule has 1 heterocycles. The Kier molecular flexibility index (Phi) is 3.72. The number of aryl methyl sites for hydroxylation is 1. The third-order valence-electron chi connectivity index (χ3n) is 3.71. The molecule has 3 amide bonds. The summed E-state index contributed by atoms with van der Waals surface area (Å²) < 4.78 is 0. The maximum absolute atomic E-state index is 12.8. The van der Waals surface area contributed by atoms with Crippen molar-refractivity contribution in [2.45, 2.75) is 26.3 Å². The highest BCUT2D eigenvalue weighted by atomic mass is 16.2. The predicted octanol–water partition coefficient (Wildman–Crippen LogP) is 0.914. The van der Waals surface area contributed by atoms with Gasteiger partial charge in [0.05, 0.1) is 5.56 Å². The minimum absolute atomic E-state index is 0.130. The number of benzene rings is 1. The van der Waals surface area contributed by atoms with Crippen LogP contribution in [-0.2, 0) is 9.59 Å². The van der Waals surface area contributed by atoms with E-state index < -0.39 is 17.4 Å². The van der Waals surface area contributed by atoms with Crippen LogP contribution >= 0.6 is 0 Å². The van der Waals surface area contributed by atoms with Crippen LogP contribution in [0.15, 0.2) is 18.2 Å². The molecule has 0 saturated carbocycles. The highest BCUT2D eigenvalue weighted by Crippen LogP contribution is 2.25. The lowest BCUT2D eigenvalue weighted by Crippen LogP contribution is -2.65. The molecule has 1 aliphatic rings. The third kappa shape index (κ3) is 2.61. The molecule has 0 aromatic heterocycles. The van der Waals surface area contributed by atoms with Crippen LogP contribution in [-0.4, -0.2) is 41.8 Å². The van der Waals surface area contributed by atoms with Crippen molar-refractivity contribution in [3.63, 3.8) is 0 Å². The first kappa shape index (κ1) is 15.0. The van der Waals surface area contributed by atoms with Crippen molar-refractivity contribution in [2.75, 3.05) is 18.9 Å². The van der Waals surface area contributed by atoms with E-state index in [1.807, 2.05) is 19.1 Å². The van der Waals surface area contributed by atoms with Gasteiger partial charge in [0.15, 0.2) is 0 Å². The van der Waals surface area contributed by atoms with Crippen molar-refractivity contribution >= 4 is 23.4 Å². The topological polar surface area (TPSA) is 78.5 Å². The zero-order valence-electron chi connectivity index (χ0n) is 12.6. The van der Waals surface area contributed by atoms with Gasteiger partial charge in [-0.2, -0.15) is 0 Å². The number of anilines is 1. The van der Waals surface area contributed by atoms with E-state index in [0.717, 1.165) is 5.56 Å². The number of carbonyl (C=O) groups excluding carboxylic acids is 3. The van der Waals surface area contributed by atoms with Crippen LogP contribution in [0.1, 0.15) is 29.8 Å². The summed E-state index contributed by atoms with van der Waals surface area (Å²) >= 11 is 0. The van der Waals surface area contributed by atoms with Crippen LogP contribution < -0.4 is 10.6 Å². The summed E-state index contributed by atoms with van der Waals surface area (Å²) in [4.78, 5) is 37.6. The van der Waals surface area contributed by atoms with Gasteiger partial charge in [-0.3, -0.25) is 19.7 Å². The van der Waals surface area contributed by atoms with Gasteiger partial charge in [-0.1, -0.05) is 6.07 Å². The van der Waals surface area contributed by atoms with Crippen molar-refractivity contribution in [3.8, 4) is 0 Å². The fraction of sp³-hybridized carbons (Fsp3) is 0.400. The van der Waals surface area contributed by atoms with E-state index in [1.54, 1.807) is 27.0 Å². The second kappa shape index (κ2) is 5.20. The van der Waals surface area contributed by atoms with Crippen molar-refractivity contribution < 1.29 is 14.4 Å². The molecule has 0 spiro atoms. The zero-order chi connectivity index (χ0) is 15.8. The van der Waals surface area contributed by atoms with E-state index in [-0.39, 0.29) is 12.5 Å². The molecule has 6 nitrogen and oxygen atoms in total. The van der Waals surface area contributed by atoms with Crippen LogP contribution in [0.5, 0.6) is 0 Å². The van der Waals surface area contributed by atoms with Crippen LogP contribution in [0.25, 0.3) is 0 Å². The Hall–Kier alpha value is -2.37. The molecule has 6 heteroatoms. The molecule has 2 rings (SSSR count). The summed E-state index contributed by atoms with van der Waals surface area (Å²) in [6.07, 6.45) is 0. The number of carbonyl (C=O) groups is 3. The van der Waals surface area contributed by atoms with Gasteiger partial charge < -0.3 is 10.2 Å². The molecular formula is C15H19N3O3. The minimum Gasteiger partial charge on any atom is -0.387 e. The van der Waals surface area contributed by atoms with Crippen LogP contribution in [0.4, 0.5) is 5.69 Å². The maximum atomic E-state index is 12.8. The second-order valence-corrected chi connectivity index (χ2v) is 5.63. The summed E-state index contributed by atoms with van der Waals surface area (Å²) in [6.45, 7) is 5.05. The van der Waals surface area contributed by atoms with E-state index in [0.29, 0.717) is 11.3 Å². The van der Waals surface area contributed by atoms with E-state index in [2.05, 4.69) is 10.6 Å². The molecule has 0 atom stereocenters. The molecule has 2 N–H and O–H groups in total. The SMILES string of the molecule is CNc1cc(C)ccc1C(=O)N1CC(=O)NC(=O)C1(C)C. The van der Waals surface area contributed by atoms with Gasteiger partial charge in [-0.15, -0.1) is 0 Å². The lowest BCUT2D eigenvalue weighted by molar-refractivity contribution is -0.143. The number of nitrogens with one attached hydrogen (secondary N) is 2. The number of rotatable bonds is 2. The van der Waals surface area contributed by atoms with Gasteiger partial charge in [0.2, 0.25) is 5.91 Å². The molecule has 1 aromatic carbocycles. The quantitative estimate of drug-likeness (QED) is 0.793. The molecule has 1 fully saturated rings. The molecule has 1 aromatic rings. The monoisotopic (exact) mass is 289 g/mol. The van der Waals surface area contributed by atoms with E-state index in [4.69, 9.17) is 0 Å². The molecule has 0 bridgehead atoms. The van der Waals surface area contributed by atoms with Crippen LogP contribution in [0, 0.1) is 6.92 Å². The van der Waals surface area contributed by atoms with Crippen molar-refractivity contribution in [1.82, 2.24) is 10.2 Å². The van der Waals surface area contributed by atoms with Gasteiger partial charge >= 0.3 is 0 Å². The van der Waals surface area contributed by atoms with Crippen LogP contribution in [0.2, 0.25) is 0 Å². The average molecular weight is 289 g/mol. The lowest BCUT2D eigenvalue weighted by atomic mass is 9.96. The van der Waals surface area contributed by atoms with Crippen molar-refractivity contribution in [2.24, 2.45) is 0 Å². The summed E-state index contributed by atoms with van der Waals surface area (Å²) in [6, 6.07) is 5.38. The third-order valence-corrected chi connectivity index (χ3v) is 3.71. The molecule has 0 radical (unpaired) electrons. The molecule has 112 valence electrons. The largest absolute Gasteiger partial charge is 0.387 e. The maximum Gasteiger partial charge on any atom is 0.257 e. The number of imide groups is 1. The Labute approximate surface area is 123 Å². The van der Waals surface area contributed by atoms with Crippen molar-refractivity contribution in [3.05, 3.63) is 29.3 Å². The Morgan fingerprint density at radius 2 is 2.00 bits per heavy atom. The highest BCUT2D eigenvalue weighted by Gasteiger charge is 2.44. The first-order valence-corrected chi connectivity index (χ1v) is 6.72. The van der Waals surface area contributed by atoms with E-state index in [9.17, 15) is 14.4 Å². The van der Waals surface area contributed by atoms with Gasteiger partial charge in [0, 0.05) is 12.7 Å². The smallest absolute Gasteiger partial charge is 0.257 e. The Balaban J connectivity index is 2.43. The molecule has 21 heavy (non-hydrogen) atoms. The summed E-state index contributed by atoms with van der Waals surface area (Å²) in [7, 11) is 1.73. The predicted molar refractivity (Wildman–Crippen MR) is 79.0 cm³/mol. The Bertz CT molecular complexity index is 623. The lowest BCUT2D eigenvalue weighted by Gasteiger charge is -2.40. The number of nitrogens with zero attached hydrogens (tertiary/aromatic N) is 1. The highest BCUT2D eigenvalue weighted by molar-refractivity contribution is 6.10. The number of piperazine rings is 1. The van der Waals surface area contributed by atoms with E-state index in [1.165, 1.54) is 4.90 Å². The van der Waals surface area contributed by atoms with E-state index >= 15 is 0 Å². The molecule has 0 unspecified atom stereocenters. The summed E-state index contributed by atoms with van der Waals surface area (Å²) in [5.74, 6) is -1.27. The number of hydrogen-bond acceptors (Lipinski definition) is 4. The fourth-order valence-corrected chi connectivity index (χ4v) is 2.31. The van der Waals surface area contributed by atoms with Gasteiger partial charge in [-0.25, -0.2) is 0 Å². The fourth-order valence-electron chi connectivity index (χ4n) is 2.31. The second-order valence-electron chi connectivity index (χ2n) is 5.63. The summed E-state index contributed by atoms with van der Waals surface area (Å²) in [5.41, 5.74) is 1.07. The Morgan fingerprint density at radius 1 is 1.33 bits per heavy atom. The van der Waals surface area contributed by atoms with Crippen LogP contribution in [0.3, 0.4) is 0 Å². The Morgan fingerprint density at radius 3 is 2.62 bits per heavy atom. The minimum atomic E-state index is -1.07. The van der Waals surface area contributed by atoms with Crippen molar-refractivity contribution in [1.29, 1.82) is 0 Å². The molecular weight excluding hydrogens is 270 g/mol. The normalized spacial score (nSPS) is 17.4. The molecule has 1 aliphatic heterocycles. The summed E-state index contributed by atoms with van der Waals surface area (Å²) in [5, 5.41) is 5.23. The standard InChI is InChI=1S/C15H19N3O3/c1-9-5-6-10(11(7-9)16-4)13(20)18-8-12(19)17-14(21)15(18,2)3/h5-7,16H,8H2,1-4H3,(H,17,19,21). The number of hydrogen-bond donors (Lipinski definition) is 2.